The first-order valence-electron chi connectivity index (χ1n) is 6.94. The normalized spacial score (nSPS) is 11.2. The fourth-order valence-electron chi connectivity index (χ4n) is 2.21. The van der Waals surface area contributed by atoms with Crippen molar-refractivity contribution in [1.29, 1.82) is 0 Å². The number of aryl methyl sites for hydroxylation is 1. The predicted molar refractivity (Wildman–Crippen MR) is 87.3 cm³/mol. The van der Waals surface area contributed by atoms with Gasteiger partial charge in [-0.15, -0.1) is 0 Å². The number of hydrogen-bond donors (Lipinski definition) is 1. The zero-order valence-electron chi connectivity index (χ0n) is 12.7. The fraction of sp³-hybridized carbons (Fsp3) is 0.235. The van der Waals surface area contributed by atoms with E-state index in [0.29, 0.717) is 17.7 Å². The number of amides is 1. The molecule has 0 saturated carbocycles. The van der Waals surface area contributed by atoms with Gasteiger partial charge in [0.15, 0.2) is 9.84 Å². The average molecular weight is 317 g/mol. The van der Waals surface area contributed by atoms with Gasteiger partial charge >= 0.3 is 0 Å². The quantitative estimate of drug-likeness (QED) is 0.921. The van der Waals surface area contributed by atoms with Crippen molar-refractivity contribution in [2.24, 2.45) is 0 Å². The maximum absolute atomic E-state index is 12.2. The number of rotatable bonds is 5. The van der Waals surface area contributed by atoms with Crippen LogP contribution in [0.5, 0.6) is 0 Å². The molecular formula is C17H19NO3S. The molecule has 0 heterocycles. The molecule has 0 saturated heterocycles. The maximum Gasteiger partial charge on any atom is 0.251 e. The lowest BCUT2D eigenvalue weighted by Crippen LogP contribution is -2.23. The van der Waals surface area contributed by atoms with Crippen LogP contribution in [0.4, 0.5) is 0 Å². The molecule has 5 heteroatoms. The molecule has 0 fully saturated rings. The van der Waals surface area contributed by atoms with Gasteiger partial charge in [0.1, 0.15) is 0 Å². The molecule has 0 aliphatic rings. The standard InChI is InChI=1S/C17H19NO3S/c1-13-5-3-6-14(9-13)11-18-17(19)16-8-4-7-15(10-16)12-22(2,20)21/h3-10H,11-12H2,1-2H3,(H,18,19). The van der Waals surface area contributed by atoms with Crippen molar-refractivity contribution < 1.29 is 13.2 Å². The van der Waals surface area contributed by atoms with Crippen LogP contribution < -0.4 is 5.32 Å². The van der Waals surface area contributed by atoms with Crippen molar-refractivity contribution in [3.63, 3.8) is 0 Å². The molecule has 116 valence electrons. The second kappa shape index (κ2) is 6.75. The summed E-state index contributed by atoms with van der Waals surface area (Å²) in [5.74, 6) is -0.275. The molecule has 1 N–H and O–H groups in total. The Morgan fingerprint density at radius 3 is 2.41 bits per heavy atom. The van der Waals surface area contributed by atoms with Crippen molar-refractivity contribution in [2.75, 3.05) is 6.26 Å². The van der Waals surface area contributed by atoms with Crippen molar-refractivity contribution >= 4 is 15.7 Å². The summed E-state index contributed by atoms with van der Waals surface area (Å²) in [4.78, 5) is 12.2. The van der Waals surface area contributed by atoms with Gasteiger partial charge in [-0.25, -0.2) is 8.42 Å². The van der Waals surface area contributed by atoms with E-state index in [-0.39, 0.29) is 11.7 Å². The van der Waals surface area contributed by atoms with Crippen LogP contribution in [-0.2, 0) is 22.1 Å². The molecule has 1 amide bonds. The fourth-order valence-corrected chi connectivity index (χ4v) is 3.00. The summed E-state index contributed by atoms with van der Waals surface area (Å²) in [5, 5.41) is 2.84. The first kappa shape index (κ1) is 16.2. The van der Waals surface area contributed by atoms with E-state index in [1.165, 1.54) is 6.26 Å². The Morgan fingerprint density at radius 2 is 1.73 bits per heavy atom. The third-order valence-electron chi connectivity index (χ3n) is 3.15. The first-order chi connectivity index (χ1) is 10.3. The topological polar surface area (TPSA) is 63.2 Å². The molecule has 22 heavy (non-hydrogen) atoms. The van der Waals surface area contributed by atoms with Crippen LogP contribution in [0.3, 0.4) is 0 Å². The summed E-state index contributed by atoms with van der Waals surface area (Å²) in [6, 6.07) is 14.6. The number of sulfone groups is 1. The van der Waals surface area contributed by atoms with Gasteiger partial charge in [0.05, 0.1) is 5.75 Å². The van der Waals surface area contributed by atoms with Crippen LogP contribution in [0.15, 0.2) is 48.5 Å². The van der Waals surface area contributed by atoms with Crippen molar-refractivity contribution in [1.82, 2.24) is 5.32 Å². The van der Waals surface area contributed by atoms with Crippen molar-refractivity contribution in [2.45, 2.75) is 19.2 Å². The van der Waals surface area contributed by atoms with Gasteiger partial charge in [-0.1, -0.05) is 42.0 Å². The number of benzene rings is 2. The van der Waals surface area contributed by atoms with Crippen molar-refractivity contribution in [3.8, 4) is 0 Å². The molecular weight excluding hydrogens is 298 g/mol. The van der Waals surface area contributed by atoms with Gasteiger partial charge < -0.3 is 5.32 Å². The minimum absolute atomic E-state index is 0.0635. The molecule has 0 bridgehead atoms. The zero-order valence-corrected chi connectivity index (χ0v) is 13.5. The largest absolute Gasteiger partial charge is 0.348 e. The second-order valence-corrected chi connectivity index (χ2v) is 7.58. The van der Waals surface area contributed by atoms with Crippen molar-refractivity contribution in [3.05, 3.63) is 70.8 Å². The lowest BCUT2D eigenvalue weighted by molar-refractivity contribution is 0.0951. The Kier molecular flexibility index (Phi) is 4.98. The summed E-state index contributed by atoms with van der Waals surface area (Å²) in [5.41, 5.74) is 3.25. The van der Waals surface area contributed by atoms with Gasteiger partial charge in [0, 0.05) is 18.4 Å². The molecule has 4 nitrogen and oxygen atoms in total. The van der Waals surface area contributed by atoms with E-state index >= 15 is 0 Å². The highest BCUT2D eigenvalue weighted by Crippen LogP contribution is 2.09. The molecule has 0 spiro atoms. The van der Waals surface area contributed by atoms with E-state index < -0.39 is 9.84 Å². The first-order valence-corrected chi connectivity index (χ1v) is 9.00. The van der Waals surface area contributed by atoms with Crippen LogP contribution in [0.2, 0.25) is 0 Å². The minimum atomic E-state index is -3.11. The molecule has 2 rings (SSSR count). The summed E-state index contributed by atoms with van der Waals surface area (Å²) in [7, 11) is -3.11. The van der Waals surface area contributed by atoms with E-state index in [9.17, 15) is 13.2 Å². The van der Waals surface area contributed by atoms with Gasteiger partial charge in [-0.3, -0.25) is 4.79 Å². The van der Waals surface area contributed by atoms with Gasteiger partial charge in [-0.2, -0.15) is 0 Å². The molecule has 0 radical (unpaired) electrons. The lowest BCUT2D eigenvalue weighted by Gasteiger charge is -2.07. The predicted octanol–water partition coefficient (Wildman–Crippen LogP) is 2.47. The van der Waals surface area contributed by atoms with E-state index in [2.05, 4.69) is 5.32 Å². The van der Waals surface area contributed by atoms with Gasteiger partial charge in [0.25, 0.3) is 5.91 Å². The highest BCUT2D eigenvalue weighted by Gasteiger charge is 2.09. The van der Waals surface area contributed by atoms with Crippen LogP contribution >= 0.6 is 0 Å². The second-order valence-electron chi connectivity index (χ2n) is 5.44. The summed E-state index contributed by atoms with van der Waals surface area (Å²) < 4.78 is 22.6. The third kappa shape index (κ3) is 5.00. The summed E-state index contributed by atoms with van der Waals surface area (Å²) >= 11 is 0. The third-order valence-corrected chi connectivity index (χ3v) is 4.01. The molecule has 2 aromatic carbocycles. The van der Waals surface area contributed by atoms with E-state index in [4.69, 9.17) is 0 Å². The smallest absolute Gasteiger partial charge is 0.251 e. The Hall–Kier alpha value is -2.14. The molecule has 0 atom stereocenters. The molecule has 2 aromatic rings. The van der Waals surface area contributed by atoms with Crippen LogP contribution in [-0.4, -0.2) is 20.6 Å². The number of hydrogen-bond acceptors (Lipinski definition) is 3. The van der Waals surface area contributed by atoms with Crippen LogP contribution in [0.25, 0.3) is 0 Å². The Bertz CT molecular complexity index is 782. The zero-order chi connectivity index (χ0) is 16.2. The SMILES string of the molecule is Cc1cccc(CNC(=O)c2cccc(CS(C)(=O)=O)c2)c1. The van der Waals surface area contributed by atoms with Crippen LogP contribution in [0.1, 0.15) is 27.0 Å². The highest BCUT2D eigenvalue weighted by molar-refractivity contribution is 7.89. The lowest BCUT2D eigenvalue weighted by atomic mass is 10.1. The summed E-state index contributed by atoms with van der Waals surface area (Å²) in [6.07, 6.45) is 1.18. The average Bonchev–Trinajstić information content (AvgIpc) is 2.43. The molecule has 0 aliphatic heterocycles. The molecule has 0 unspecified atom stereocenters. The maximum atomic E-state index is 12.2. The Morgan fingerprint density at radius 1 is 1.05 bits per heavy atom. The molecule has 0 aromatic heterocycles. The summed E-state index contributed by atoms with van der Waals surface area (Å²) in [6.45, 7) is 2.44. The van der Waals surface area contributed by atoms with E-state index in [1.807, 2.05) is 31.2 Å². The number of carbonyl (C=O) groups is 1. The number of carbonyl (C=O) groups excluding carboxylic acids is 1. The van der Waals surface area contributed by atoms with Gasteiger partial charge in [0.2, 0.25) is 0 Å². The monoisotopic (exact) mass is 317 g/mol. The highest BCUT2D eigenvalue weighted by atomic mass is 32.2. The number of nitrogens with one attached hydrogen (secondary N) is 1. The Balaban J connectivity index is 2.05. The van der Waals surface area contributed by atoms with E-state index in [0.717, 1.165) is 11.1 Å². The van der Waals surface area contributed by atoms with Gasteiger partial charge in [-0.05, 0) is 30.2 Å². The van der Waals surface area contributed by atoms with E-state index in [1.54, 1.807) is 24.3 Å². The van der Waals surface area contributed by atoms with Crippen LogP contribution in [0, 0.1) is 6.92 Å². The minimum Gasteiger partial charge on any atom is -0.348 e. The Labute approximate surface area is 131 Å². The molecule has 0 aliphatic carbocycles.